The van der Waals surface area contributed by atoms with Crippen molar-refractivity contribution >= 4 is 34.5 Å². The molecule has 18 heavy (non-hydrogen) atoms. The quantitative estimate of drug-likeness (QED) is 0.649. The Labute approximate surface area is 113 Å². The summed E-state index contributed by atoms with van der Waals surface area (Å²) in [6.45, 7) is -1.65. The van der Waals surface area contributed by atoms with Crippen LogP contribution in [0.3, 0.4) is 0 Å². The fraction of sp³-hybridized carbons (Fsp3) is 0.200. The number of carbonyl (C=O) groups excluding carboxylic acids is 1. The van der Waals surface area contributed by atoms with Gasteiger partial charge in [-0.25, -0.2) is 14.0 Å². The molecule has 0 fully saturated rings. The number of carboxylic acids is 1. The number of esters is 1. The maximum atomic E-state index is 13.2. The summed E-state index contributed by atoms with van der Waals surface area (Å²) in [5.41, 5.74) is -0.525. The summed E-state index contributed by atoms with van der Waals surface area (Å²) in [7, 11) is 0. The van der Waals surface area contributed by atoms with Crippen molar-refractivity contribution in [3.05, 3.63) is 33.1 Å². The summed E-state index contributed by atoms with van der Waals surface area (Å²) in [5, 5.41) is 8.11. The van der Waals surface area contributed by atoms with Crippen molar-refractivity contribution in [2.75, 3.05) is 6.61 Å². The first-order chi connectivity index (χ1) is 8.24. The number of alkyl halides is 2. The second-order valence-corrected chi connectivity index (χ2v) is 4.46. The smallest absolute Gasteiger partial charge is 0.378 e. The predicted octanol–water partition coefficient (Wildman–Crippen LogP) is 2.31. The highest BCUT2D eigenvalue weighted by Gasteiger charge is 2.40. The lowest BCUT2D eigenvalue weighted by molar-refractivity contribution is -0.170. The third-order valence-corrected chi connectivity index (χ3v) is 2.52. The van der Waals surface area contributed by atoms with Crippen molar-refractivity contribution in [2.45, 2.75) is 5.92 Å². The summed E-state index contributed by atoms with van der Waals surface area (Å²) in [6, 6.07) is 3.46. The van der Waals surface area contributed by atoms with Gasteiger partial charge in [-0.15, -0.1) is 0 Å². The Morgan fingerprint density at radius 3 is 2.56 bits per heavy atom. The topological polar surface area (TPSA) is 63.6 Å². The van der Waals surface area contributed by atoms with E-state index in [1.165, 1.54) is 6.07 Å². The van der Waals surface area contributed by atoms with E-state index in [9.17, 15) is 22.8 Å². The summed E-state index contributed by atoms with van der Waals surface area (Å²) >= 11 is 1.79. The van der Waals surface area contributed by atoms with Crippen LogP contribution in [0.15, 0.2) is 18.2 Å². The van der Waals surface area contributed by atoms with Crippen molar-refractivity contribution in [2.24, 2.45) is 0 Å². The fourth-order valence-corrected chi connectivity index (χ4v) is 1.44. The van der Waals surface area contributed by atoms with Crippen molar-refractivity contribution in [3.63, 3.8) is 0 Å². The number of carbonyl (C=O) groups is 2. The van der Waals surface area contributed by atoms with E-state index in [0.29, 0.717) is 3.57 Å². The first kappa shape index (κ1) is 14.7. The molecule has 0 aliphatic heterocycles. The van der Waals surface area contributed by atoms with Gasteiger partial charge in [-0.05, 0) is 40.8 Å². The number of hydrogen-bond donors (Lipinski definition) is 1. The van der Waals surface area contributed by atoms with Crippen LogP contribution in [-0.2, 0) is 9.53 Å². The first-order valence-electron chi connectivity index (χ1n) is 4.47. The van der Waals surface area contributed by atoms with Crippen LogP contribution >= 0.6 is 22.6 Å². The van der Waals surface area contributed by atoms with E-state index in [1.807, 2.05) is 0 Å². The minimum absolute atomic E-state index is 0.506. The van der Waals surface area contributed by atoms with Crippen LogP contribution in [0.1, 0.15) is 10.4 Å². The zero-order valence-electron chi connectivity index (χ0n) is 8.62. The molecule has 0 saturated heterocycles. The average Bonchev–Trinajstić information content (AvgIpc) is 2.29. The summed E-state index contributed by atoms with van der Waals surface area (Å²) in [6.07, 6.45) is 0. The molecular formula is C10H6F3IO4. The molecule has 1 rings (SSSR count). The molecule has 1 N–H and O–H groups in total. The molecule has 8 heteroatoms. The maximum Gasteiger partial charge on any atom is 0.378 e. The van der Waals surface area contributed by atoms with Crippen LogP contribution in [0, 0.1) is 9.39 Å². The van der Waals surface area contributed by atoms with Crippen molar-refractivity contribution in [1.29, 1.82) is 0 Å². The Kier molecular flexibility index (Phi) is 4.54. The monoisotopic (exact) mass is 374 g/mol. The van der Waals surface area contributed by atoms with Gasteiger partial charge in [-0.2, -0.15) is 8.78 Å². The van der Waals surface area contributed by atoms with Crippen LogP contribution in [0.2, 0.25) is 0 Å². The fourth-order valence-electron chi connectivity index (χ4n) is 0.950. The lowest BCUT2D eigenvalue weighted by Gasteiger charge is -2.11. The molecule has 0 aliphatic rings. The van der Waals surface area contributed by atoms with Gasteiger partial charge < -0.3 is 9.84 Å². The van der Waals surface area contributed by atoms with E-state index < -0.39 is 35.8 Å². The molecule has 0 aliphatic carbocycles. The van der Waals surface area contributed by atoms with Crippen molar-refractivity contribution in [3.8, 4) is 0 Å². The second-order valence-electron chi connectivity index (χ2n) is 3.21. The van der Waals surface area contributed by atoms with Gasteiger partial charge in [0, 0.05) is 3.57 Å². The van der Waals surface area contributed by atoms with Crippen LogP contribution < -0.4 is 0 Å². The molecule has 0 amide bonds. The number of rotatable bonds is 4. The highest BCUT2D eigenvalue weighted by atomic mass is 127. The summed E-state index contributed by atoms with van der Waals surface area (Å²) in [4.78, 5) is 21.4. The van der Waals surface area contributed by atoms with Gasteiger partial charge in [0.05, 0.1) is 5.56 Å². The molecule has 0 spiro atoms. The number of hydrogen-bond acceptors (Lipinski definition) is 3. The number of carboxylic acid groups (broad SMARTS) is 1. The molecule has 0 bridgehead atoms. The molecule has 98 valence electrons. The highest BCUT2D eigenvalue weighted by Crippen LogP contribution is 2.17. The molecule has 0 atom stereocenters. The molecule has 0 saturated carbocycles. The largest absolute Gasteiger partial charge is 0.477 e. The van der Waals surface area contributed by atoms with Gasteiger partial charge in [0.15, 0.2) is 6.61 Å². The minimum Gasteiger partial charge on any atom is -0.477 e. The van der Waals surface area contributed by atoms with Gasteiger partial charge in [-0.3, -0.25) is 0 Å². The standard InChI is InChI=1S/C10H6F3IO4/c11-7-2-1-5(14)3-6(7)8(15)18-4-10(12,13)9(16)17/h1-3H,4H2,(H,16,17). The first-order valence-corrected chi connectivity index (χ1v) is 5.55. The molecule has 0 radical (unpaired) electrons. The molecule has 0 aromatic heterocycles. The van der Waals surface area contributed by atoms with Crippen molar-refractivity contribution < 1.29 is 32.6 Å². The van der Waals surface area contributed by atoms with Gasteiger partial charge >= 0.3 is 17.9 Å². The third kappa shape index (κ3) is 3.59. The van der Waals surface area contributed by atoms with Crippen LogP contribution in [-0.4, -0.2) is 29.6 Å². The lowest BCUT2D eigenvalue weighted by Crippen LogP contribution is -2.34. The van der Waals surface area contributed by atoms with E-state index in [2.05, 4.69) is 4.74 Å². The number of halogens is 4. The molecular weight excluding hydrogens is 368 g/mol. The van der Waals surface area contributed by atoms with Gasteiger partial charge in [0.25, 0.3) is 0 Å². The van der Waals surface area contributed by atoms with Crippen LogP contribution in [0.4, 0.5) is 13.2 Å². The van der Waals surface area contributed by atoms with E-state index in [1.54, 1.807) is 22.6 Å². The van der Waals surface area contributed by atoms with Gasteiger partial charge in [0.1, 0.15) is 5.82 Å². The zero-order valence-corrected chi connectivity index (χ0v) is 10.8. The molecule has 0 unspecified atom stereocenters. The summed E-state index contributed by atoms with van der Waals surface area (Å²) < 4.78 is 43.0. The zero-order chi connectivity index (χ0) is 13.9. The minimum atomic E-state index is -4.20. The molecule has 0 heterocycles. The van der Waals surface area contributed by atoms with Crippen molar-refractivity contribution in [1.82, 2.24) is 0 Å². The predicted molar refractivity (Wildman–Crippen MR) is 62.0 cm³/mol. The SMILES string of the molecule is O=C(OCC(F)(F)C(=O)O)c1cc(I)ccc1F. The second kappa shape index (κ2) is 5.55. The average molecular weight is 374 g/mol. The molecule has 4 nitrogen and oxygen atoms in total. The Morgan fingerprint density at radius 1 is 1.39 bits per heavy atom. The van der Waals surface area contributed by atoms with E-state index in [4.69, 9.17) is 5.11 Å². The molecule has 1 aromatic carbocycles. The van der Waals surface area contributed by atoms with E-state index in [-0.39, 0.29) is 0 Å². The Morgan fingerprint density at radius 2 is 2.00 bits per heavy atom. The Hall–Kier alpha value is -1.32. The number of ether oxygens (including phenoxy) is 1. The Balaban J connectivity index is 2.78. The van der Waals surface area contributed by atoms with E-state index in [0.717, 1.165) is 12.1 Å². The summed E-state index contributed by atoms with van der Waals surface area (Å²) in [5.74, 6) is -8.89. The maximum absolute atomic E-state index is 13.2. The lowest BCUT2D eigenvalue weighted by atomic mass is 10.2. The van der Waals surface area contributed by atoms with Crippen LogP contribution in [0.25, 0.3) is 0 Å². The van der Waals surface area contributed by atoms with Gasteiger partial charge in [-0.1, -0.05) is 0 Å². The van der Waals surface area contributed by atoms with Gasteiger partial charge in [0.2, 0.25) is 0 Å². The third-order valence-electron chi connectivity index (χ3n) is 1.85. The molecule has 1 aromatic rings. The van der Waals surface area contributed by atoms with Crippen LogP contribution in [0.5, 0.6) is 0 Å². The normalized spacial score (nSPS) is 11.1. The Bertz CT molecular complexity index is 490. The number of benzene rings is 1. The van der Waals surface area contributed by atoms with E-state index >= 15 is 0 Å². The highest BCUT2D eigenvalue weighted by molar-refractivity contribution is 14.1. The number of aliphatic carboxylic acids is 1.